The first-order valence-electron chi connectivity index (χ1n) is 4.55. The summed E-state index contributed by atoms with van der Waals surface area (Å²) in [4.78, 5) is 0. The lowest BCUT2D eigenvalue weighted by Gasteiger charge is -2.04. The van der Waals surface area contributed by atoms with E-state index in [0.29, 0.717) is 25.4 Å². The molecular weight excluding hydrogens is 183 g/mol. The Morgan fingerprint density at radius 2 is 2.07 bits per heavy atom. The summed E-state index contributed by atoms with van der Waals surface area (Å²) in [6.45, 7) is 3.27. The van der Waals surface area contributed by atoms with E-state index in [1.165, 1.54) is 6.07 Å². The lowest BCUT2D eigenvalue weighted by atomic mass is 10.1. The minimum absolute atomic E-state index is 0.183. The highest BCUT2D eigenvalue weighted by Crippen LogP contribution is 2.09. The number of methoxy groups -OCH3 is 1. The zero-order valence-corrected chi connectivity index (χ0v) is 8.55. The molecule has 1 aromatic rings. The van der Waals surface area contributed by atoms with E-state index in [1.54, 1.807) is 20.1 Å². The fourth-order valence-electron chi connectivity index (χ4n) is 1.06. The largest absolute Gasteiger partial charge is 0.382 e. The maximum Gasteiger partial charge on any atom is 0.126 e. The molecule has 0 amide bonds. The Balaban J connectivity index is 2.39. The Morgan fingerprint density at radius 1 is 1.29 bits per heavy atom. The van der Waals surface area contributed by atoms with Crippen molar-refractivity contribution in [2.45, 2.75) is 13.5 Å². The molecular formula is C11H15FO2. The fourth-order valence-corrected chi connectivity index (χ4v) is 1.06. The van der Waals surface area contributed by atoms with E-state index < -0.39 is 0 Å². The van der Waals surface area contributed by atoms with Gasteiger partial charge < -0.3 is 9.47 Å². The highest BCUT2D eigenvalue weighted by molar-refractivity contribution is 5.22. The van der Waals surface area contributed by atoms with E-state index in [4.69, 9.17) is 9.47 Å². The summed E-state index contributed by atoms with van der Waals surface area (Å²) in [5, 5.41) is 0. The van der Waals surface area contributed by atoms with Crippen LogP contribution < -0.4 is 0 Å². The number of aryl methyl sites for hydroxylation is 1. The van der Waals surface area contributed by atoms with Crippen molar-refractivity contribution in [1.82, 2.24) is 0 Å². The van der Waals surface area contributed by atoms with Crippen molar-refractivity contribution in [3.63, 3.8) is 0 Å². The molecule has 0 saturated heterocycles. The molecule has 0 fully saturated rings. The number of ether oxygens (including phenoxy) is 2. The molecule has 0 aliphatic rings. The van der Waals surface area contributed by atoms with Gasteiger partial charge in [0.25, 0.3) is 0 Å². The SMILES string of the molecule is COCCOCc1ccc(C)c(F)c1. The third-order valence-corrected chi connectivity index (χ3v) is 1.94. The second-order valence-corrected chi connectivity index (χ2v) is 3.13. The van der Waals surface area contributed by atoms with E-state index in [-0.39, 0.29) is 5.82 Å². The van der Waals surface area contributed by atoms with Crippen LogP contribution in [0.1, 0.15) is 11.1 Å². The number of hydrogen-bond donors (Lipinski definition) is 0. The molecule has 0 heterocycles. The molecule has 0 N–H and O–H groups in total. The van der Waals surface area contributed by atoms with Crippen LogP contribution in [-0.2, 0) is 16.1 Å². The molecule has 1 rings (SSSR count). The van der Waals surface area contributed by atoms with Crippen LogP contribution in [0.15, 0.2) is 18.2 Å². The molecule has 3 heteroatoms. The maximum absolute atomic E-state index is 13.1. The minimum Gasteiger partial charge on any atom is -0.382 e. The highest BCUT2D eigenvalue weighted by atomic mass is 19.1. The third kappa shape index (κ3) is 3.44. The first kappa shape index (κ1) is 11.1. The van der Waals surface area contributed by atoms with Gasteiger partial charge in [0.15, 0.2) is 0 Å². The molecule has 0 saturated carbocycles. The average molecular weight is 198 g/mol. The van der Waals surface area contributed by atoms with E-state index >= 15 is 0 Å². The highest BCUT2D eigenvalue weighted by Gasteiger charge is 1.99. The maximum atomic E-state index is 13.1. The van der Waals surface area contributed by atoms with Crippen molar-refractivity contribution >= 4 is 0 Å². The molecule has 0 radical (unpaired) electrons. The molecule has 0 atom stereocenters. The normalized spacial score (nSPS) is 10.5. The monoisotopic (exact) mass is 198 g/mol. The molecule has 0 unspecified atom stereocenters. The van der Waals surface area contributed by atoms with Crippen LogP contribution in [0.2, 0.25) is 0 Å². The molecule has 0 aromatic heterocycles. The summed E-state index contributed by atoms with van der Waals surface area (Å²) in [7, 11) is 1.62. The molecule has 14 heavy (non-hydrogen) atoms. The Morgan fingerprint density at radius 3 is 2.71 bits per heavy atom. The number of rotatable bonds is 5. The average Bonchev–Trinajstić information content (AvgIpc) is 2.18. The predicted octanol–water partition coefficient (Wildman–Crippen LogP) is 2.30. The first-order chi connectivity index (χ1) is 6.74. The van der Waals surface area contributed by atoms with Gasteiger partial charge in [0.2, 0.25) is 0 Å². The van der Waals surface area contributed by atoms with Crippen molar-refractivity contribution in [1.29, 1.82) is 0 Å². The van der Waals surface area contributed by atoms with Crippen LogP contribution >= 0.6 is 0 Å². The summed E-state index contributed by atoms with van der Waals surface area (Å²) in [5.41, 5.74) is 1.51. The Labute approximate surface area is 83.6 Å². The van der Waals surface area contributed by atoms with Gasteiger partial charge in [0.1, 0.15) is 5.82 Å². The lowest BCUT2D eigenvalue weighted by molar-refractivity contribution is 0.0615. The van der Waals surface area contributed by atoms with Crippen LogP contribution in [0.5, 0.6) is 0 Å². The molecule has 0 aliphatic carbocycles. The quantitative estimate of drug-likeness (QED) is 0.676. The number of hydrogen-bond acceptors (Lipinski definition) is 2. The minimum atomic E-state index is -0.183. The van der Waals surface area contributed by atoms with Crippen molar-refractivity contribution in [2.24, 2.45) is 0 Å². The van der Waals surface area contributed by atoms with Crippen molar-refractivity contribution in [2.75, 3.05) is 20.3 Å². The number of halogens is 1. The Hall–Kier alpha value is -0.930. The van der Waals surface area contributed by atoms with Gasteiger partial charge in [-0.1, -0.05) is 12.1 Å². The van der Waals surface area contributed by atoms with Crippen LogP contribution in [0.25, 0.3) is 0 Å². The smallest absolute Gasteiger partial charge is 0.126 e. The van der Waals surface area contributed by atoms with Gasteiger partial charge in [-0.15, -0.1) is 0 Å². The predicted molar refractivity (Wildman–Crippen MR) is 52.7 cm³/mol. The molecule has 2 nitrogen and oxygen atoms in total. The molecule has 0 bridgehead atoms. The summed E-state index contributed by atoms with van der Waals surface area (Å²) >= 11 is 0. The van der Waals surface area contributed by atoms with Crippen LogP contribution in [0.4, 0.5) is 4.39 Å². The van der Waals surface area contributed by atoms with E-state index in [2.05, 4.69) is 0 Å². The second-order valence-electron chi connectivity index (χ2n) is 3.13. The standard InChI is InChI=1S/C11H15FO2/c1-9-3-4-10(7-11(9)12)8-14-6-5-13-2/h3-4,7H,5-6,8H2,1-2H3. The van der Waals surface area contributed by atoms with Gasteiger partial charge in [-0.25, -0.2) is 4.39 Å². The van der Waals surface area contributed by atoms with Gasteiger partial charge in [-0.2, -0.15) is 0 Å². The van der Waals surface area contributed by atoms with E-state index in [9.17, 15) is 4.39 Å². The summed E-state index contributed by atoms with van der Waals surface area (Å²) in [5.74, 6) is -0.183. The van der Waals surface area contributed by atoms with Crippen molar-refractivity contribution in [3.05, 3.63) is 35.1 Å². The first-order valence-corrected chi connectivity index (χ1v) is 4.55. The van der Waals surface area contributed by atoms with Crippen molar-refractivity contribution in [3.8, 4) is 0 Å². The lowest BCUT2D eigenvalue weighted by Crippen LogP contribution is -2.02. The summed E-state index contributed by atoms with van der Waals surface area (Å²) in [6, 6.07) is 5.12. The van der Waals surface area contributed by atoms with Gasteiger partial charge in [0.05, 0.1) is 19.8 Å². The van der Waals surface area contributed by atoms with Gasteiger partial charge in [-0.3, -0.25) is 0 Å². The molecule has 0 aliphatic heterocycles. The van der Waals surface area contributed by atoms with Crippen LogP contribution in [0.3, 0.4) is 0 Å². The number of benzene rings is 1. The van der Waals surface area contributed by atoms with Crippen LogP contribution in [0, 0.1) is 12.7 Å². The van der Waals surface area contributed by atoms with Gasteiger partial charge in [-0.05, 0) is 24.1 Å². The van der Waals surface area contributed by atoms with E-state index in [0.717, 1.165) is 5.56 Å². The van der Waals surface area contributed by atoms with Gasteiger partial charge in [0, 0.05) is 7.11 Å². The zero-order chi connectivity index (χ0) is 10.4. The Bertz CT molecular complexity index is 287. The Kier molecular flexibility index (Phi) is 4.56. The third-order valence-electron chi connectivity index (χ3n) is 1.94. The topological polar surface area (TPSA) is 18.5 Å². The molecule has 0 spiro atoms. The molecule has 1 aromatic carbocycles. The summed E-state index contributed by atoms with van der Waals surface area (Å²) < 4.78 is 23.2. The van der Waals surface area contributed by atoms with Gasteiger partial charge >= 0.3 is 0 Å². The second kappa shape index (κ2) is 5.73. The van der Waals surface area contributed by atoms with Crippen LogP contribution in [-0.4, -0.2) is 20.3 Å². The zero-order valence-electron chi connectivity index (χ0n) is 8.55. The van der Waals surface area contributed by atoms with E-state index in [1.807, 2.05) is 6.07 Å². The fraction of sp³-hybridized carbons (Fsp3) is 0.455. The van der Waals surface area contributed by atoms with Crippen molar-refractivity contribution < 1.29 is 13.9 Å². The summed E-state index contributed by atoms with van der Waals surface area (Å²) in [6.07, 6.45) is 0. The molecule has 78 valence electrons.